The number of aliphatic hydroxyl groups is 4. The lowest BCUT2D eigenvalue weighted by Gasteiger charge is -2.42. The quantitative estimate of drug-likeness (QED) is 0.367. The lowest BCUT2D eigenvalue weighted by molar-refractivity contribution is -0.189. The van der Waals surface area contributed by atoms with E-state index >= 15 is 0 Å². The zero-order chi connectivity index (χ0) is 23.4. The summed E-state index contributed by atoms with van der Waals surface area (Å²) in [6, 6.07) is -0.458. The molecule has 0 radical (unpaired) electrons. The predicted molar refractivity (Wildman–Crippen MR) is 115 cm³/mol. The normalized spacial score (nSPS) is 45.7. The van der Waals surface area contributed by atoms with E-state index in [9.17, 15) is 25.2 Å². The number of esters is 1. The topological polar surface area (TPSA) is 110 Å². The van der Waals surface area contributed by atoms with Crippen LogP contribution in [0.1, 0.15) is 60.8 Å². The number of carbonyl (C=O) groups excluding carboxylic acids is 1. The van der Waals surface area contributed by atoms with Crippen molar-refractivity contribution >= 4 is 5.97 Å². The largest absolute Gasteiger partial charge is 0.459 e. The minimum Gasteiger partial charge on any atom is -0.459 e. The molecule has 7 nitrogen and oxygen atoms in total. The number of hydrogen-bond donors (Lipinski definition) is 4. The van der Waals surface area contributed by atoms with Gasteiger partial charge in [0.1, 0.15) is 17.8 Å². The monoisotopic (exact) mass is 427 g/mol. The van der Waals surface area contributed by atoms with Crippen molar-refractivity contribution in [2.24, 2.45) is 17.8 Å². The minimum atomic E-state index is -1.73. The molecule has 1 aliphatic heterocycles. The molecule has 0 amide bonds. The average Bonchev–Trinajstić information content (AvgIpc) is 2.68. The molecule has 7 heteroatoms. The van der Waals surface area contributed by atoms with Gasteiger partial charge in [-0.25, -0.2) is 0 Å². The van der Waals surface area contributed by atoms with Gasteiger partial charge in [-0.1, -0.05) is 33.6 Å². The molecule has 174 valence electrons. The van der Waals surface area contributed by atoms with E-state index in [2.05, 4.69) is 5.92 Å². The molecule has 0 spiro atoms. The number of terminal acetylenes is 1. The smallest absolute Gasteiger partial charge is 0.309 e. The molecule has 0 aliphatic carbocycles. The van der Waals surface area contributed by atoms with E-state index < -0.39 is 53.4 Å². The Labute approximate surface area is 181 Å². The van der Waals surface area contributed by atoms with Gasteiger partial charge in [0.15, 0.2) is 5.60 Å². The summed E-state index contributed by atoms with van der Waals surface area (Å²) in [6.45, 7) is 10.9. The molecule has 1 fully saturated rings. The first-order valence-electron chi connectivity index (χ1n) is 10.9. The Kier molecular flexibility index (Phi) is 9.34. The third-order valence-corrected chi connectivity index (χ3v) is 6.70. The van der Waals surface area contributed by atoms with Crippen LogP contribution in [-0.2, 0) is 9.53 Å². The first-order valence-corrected chi connectivity index (χ1v) is 10.9. The molecule has 0 aromatic rings. The summed E-state index contributed by atoms with van der Waals surface area (Å²) in [5, 5.41) is 43.7. The maximum Gasteiger partial charge on any atom is 0.309 e. The maximum absolute atomic E-state index is 12.7. The van der Waals surface area contributed by atoms with Gasteiger partial charge in [-0.05, 0) is 52.0 Å². The summed E-state index contributed by atoms with van der Waals surface area (Å²) in [7, 11) is 1.81. The number of aliphatic hydroxyl groups excluding tert-OH is 2. The summed E-state index contributed by atoms with van der Waals surface area (Å²) in [4.78, 5) is 14.6. The highest BCUT2D eigenvalue weighted by Gasteiger charge is 2.46. The Bertz CT molecular complexity index is 617. The second-order valence-electron chi connectivity index (χ2n) is 9.62. The molecule has 0 bridgehead atoms. The van der Waals surface area contributed by atoms with Crippen LogP contribution >= 0.6 is 0 Å². The summed E-state index contributed by atoms with van der Waals surface area (Å²) in [6.07, 6.45) is 3.08. The second kappa shape index (κ2) is 10.4. The first kappa shape index (κ1) is 26.9. The molecule has 0 aromatic carbocycles. The van der Waals surface area contributed by atoms with Crippen molar-refractivity contribution < 1.29 is 30.0 Å². The highest BCUT2D eigenvalue weighted by Crippen LogP contribution is 2.32. The molecule has 1 saturated heterocycles. The number of likely N-dealkylation sites (N-methyl/N-ethyl adjacent to an activating group) is 1. The molecule has 9 atom stereocenters. The van der Waals surface area contributed by atoms with Gasteiger partial charge in [0, 0.05) is 12.6 Å². The Balaban J connectivity index is 3.34. The van der Waals surface area contributed by atoms with E-state index in [-0.39, 0.29) is 18.8 Å². The fourth-order valence-electron chi connectivity index (χ4n) is 4.56. The summed E-state index contributed by atoms with van der Waals surface area (Å²) in [5.74, 6) is 0.699. The second-order valence-corrected chi connectivity index (χ2v) is 9.62. The van der Waals surface area contributed by atoms with Gasteiger partial charge in [0.05, 0.1) is 12.0 Å². The molecule has 0 saturated carbocycles. The van der Waals surface area contributed by atoms with E-state index in [1.807, 2.05) is 18.9 Å². The van der Waals surface area contributed by atoms with Crippen molar-refractivity contribution in [2.75, 3.05) is 13.6 Å². The van der Waals surface area contributed by atoms with Crippen molar-refractivity contribution in [3.63, 3.8) is 0 Å². The van der Waals surface area contributed by atoms with Crippen LogP contribution in [0.15, 0.2) is 0 Å². The van der Waals surface area contributed by atoms with E-state index in [0.29, 0.717) is 13.0 Å². The number of nitrogens with zero attached hydrogens (tertiary/aromatic N) is 1. The Morgan fingerprint density at radius 3 is 2.27 bits per heavy atom. The number of hydrogen-bond acceptors (Lipinski definition) is 7. The van der Waals surface area contributed by atoms with Gasteiger partial charge in [0.2, 0.25) is 0 Å². The van der Waals surface area contributed by atoms with Crippen molar-refractivity contribution in [1.82, 2.24) is 4.90 Å². The van der Waals surface area contributed by atoms with Gasteiger partial charge >= 0.3 is 5.97 Å². The Morgan fingerprint density at radius 2 is 1.77 bits per heavy atom. The van der Waals surface area contributed by atoms with Crippen LogP contribution in [0.25, 0.3) is 0 Å². The SMILES string of the molecule is C#C[C@@]1(O)C[C@@H](C)CN(C)[C@H](C)[C@@H](O)[C@](C)(O)[C@@H](CC)OC(=O)[C@H](C)C[C@H](C)[C@H]1O. The Hall–Kier alpha value is -1.17. The molecule has 0 aromatic heterocycles. The van der Waals surface area contributed by atoms with Crippen LogP contribution in [0.5, 0.6) is 0 Å². The molecular formula is C23H41NO6. The molecule has 4 N–H and O–H groups in total. The summed E-state index contributed by atoms with van der Waals surface area (Å²) < 4.78 is 5.59. The van der Waals surface area contributed by atoms with Crippen molar-refractivity contribution in [3.05, 3.63) is 0 Å². The van der Waals surface area contributed by atoms with Gasteiger partial charge in [-0.15, -0.1) is 6.42 Å². The highest BCUT2D eigenvalue weighted by molar-refractivity contribution is 5.72. The zero-order valence-corrected chi connectivity index (χ0v) is 19.5. The number of cyclic esters (lactones) is 1. The minimum absolute atomic E-state index is 0.0973. The predicted octanol–water partition coefficient (Wildman–Crippen LogP) is 1.17. The highest BCUT2D eigenvalue weighted by atomic mass is 16.6. The van der Waals surface area contributed by atoms with E-state index in [1.54, 1.807) is 27.7 Å². The van der Waals surface area contributed by atoms with Crippen LogP contribution < -0.4 is 0 Å². The lowest BCUT2D eigenvalue weighted by atomic mass is 9.79. The number of rotatable bonds is 1. The van der Waals surface area contributed by atoms with E-state index in [1.165, 1.54) is 6.92 Å². The van der Waals surface area contributed by atoms with Gasteiger partial charge in [0.25, 0.3) is 0 Å². The van der Waals surface area contributed by atoms with Gasteiger partial charge in [-0.3, -0.25) is 4.79 Å². The van der Waals surface area contributed by atoms with Gasteiger partial charge in [-0.2, -0.15) is 0 Å². The summed E-state index contributed by atoms with van der Waals surface area (Å²) >= 11 is 0. The standard InChI is InChI=1S/C23H41NO6/c1-9-18-22(7,28)20(26)17(6)24(8)13-14(3)12-23(29,10-2)19(25)15(4)11-16(5)21(27)30-18/h2,14-20,25-26,28-29H,9,11-13H2,1,3-8H3/t14-,15+,16-,17-,18-,19-,20-,22-,23-/m1/s1. The number of carbonyl (C=O) groups is 1. The number of ether oxygens (including phenoxy) is 1. The fraction of sp³-hybridized carbons (Fsp3) is 0.870. The average molecular weight is 428 g/mol. The third-order valence-electron chi connectivity index (χ3n) is 6.70. The maximum atomic E-state index is 12.7. The third kappa shape index (κ3) is 5.95. The molecule has 1 rings (SSSR count). The van der Waals surface area contributed by atoms with Crippen LogP contribution in [0.4, 0.5) is 0 Å². The first-order chi connectivity index (χ1) is 13.7. The molecule has 30 heavy (non-hydrogen) atoms. The van der Waals surface area contributed by atoms with Crippen molar-refractivity contribution in [2.45, 2.75) is 96.4 Å². The van der Waals surface area contributed by atoms with Crippen LogP contribution in [-0.4, -0.2) is 80.4 Å². The van der Waals surface area contributed by atoms with Crippen LogP contribution in [0.3, 0.4) is 0 Å². The molecule has 0 unspecified atom stereocenters. The van der Waals surface area contributed by atoms with E-state index in [0.717, 1.165) is 0 Å². The zero-order valence-electron chi connectivity index (χ0n) is 19.5. The van der Waals surface area contributed by atoms with E-state index in [4.69, 9.17) is 11.2 Å². The fourth-order valence-corrected chi connectivity index (χ4v) is 4.56. The van der Waals surface area contributed by atoms with Crippen LogP contribution in [0, 0.1) is 30.1 Å². The Morgan fingerprint density at radius 1 is 1.20 bits per heavy atom. The molecule has 1 aliphatic rings. The van der Waals surface area contributed by atoms with Crippen molar-refractivity contribution in [1.29, 1.82) is 0 Å². The lowest BCUT2D eigenvalue weighted by Crippen LogP contribution is -2.59. The van der Waals surface area contributed by atoms with Crippen molar-refractivity contribution in [3.8, 4) is 12.3 Å². The molecule has 1 heterocycles. The molecular weight excluding hydrogens is 386 g/mol. The van der Waals surface area contributed by atoms with Crippen LogP contribution in [0.2, 0.25) is 0 Å². The van der Waals surface area contributed by atoms with Gasteiger partial charge < -0.3 is 30.1 Å². The summed E-state index contributed by atoms with van der Waals surface area (Å²) in [5.41, 5.74) is -3.38.